The Balaban J connectivity index is 3.06. The monoisotopic (exact) mass is 631 g/mol. The predicted octanol–water partition coefficient (Wildman–Crippen LogP) is -1.28. The largest absolute Gasteiger partial charge is 0.481 e. The van der Waals surface area contributed by atoms with Crippen LogP contribution in [0.3, 0.4) is 0 Å². The van der Waals surface area contributed by atoms with E-state index < -0.39 is 66.3 Å². The molecule has 0 saturated carbocycles. The molecule has 5 atom stereocenters. The summed E-state index contributed by atoms with van der Waals surface area (Å²) in [5, 5.41) is 26.3. The van der Waals surface area contributed by atoms with Crippen molar-refractivity contribution in [2.24, 2.45) is 17.2 Å². The molecule has 1 aliphatic heterocycles. The van der Waals surface area contributed by atoms with Crippen molar-refractivity contribution in [3.8, 4) is 0 Å². The van der Waals surface area contributed by atoms with Crippen LogP contribution in [-0.2, 0) is 28.8 Å². The highest BCUT2D eigenvalue weighted by molar-refractivity contribution is 7.98. The van der Waals surface area contributed by atoms with Crippen molar-refractivity contribution in [2.75, 3.05) is 31.6 Å². The number of carbonyl (C=O) groups excluding carboxylic acids is 4. The Morgan fingerprint density at radius 2 is 1.40 bits per heavy atom. The number of likely N-dealkylation sites (tertiary alicyclic amines) is 1. The minimum Gasteiger partial charge on any atom is -0.481 e. The summed E-state index contributed by atoms with van der Waals surface area (Å²) in [6, 6.07) is -5.29. The van der Waals surface area contributed by atoms with Crippen molar-refractivity contribution in [2.45, 2.75) is 101 Å². The standard InChI is InChI=1S/C27H49N7O8S/c1-43-16-12-17(30)26(40)34-15-6-9-21(34)25(39)32-18(7-2-4-13-28)23(37)31-19(10-11-22(35)36)24(38)33-20(27(41)42)8-3-5-14-29/h17-21H,2-16,28-30H2,1H3,(H,31,37)(H,32,39)(H,33,38)(H,35,36)(H,41,42)/t17-,18-,19-,20-,21-/m0/s1. The average molecular weight is 632 g/mol. The van der Waals surface area contributed by atoms with Crippen molar-refractivity contribution < 1.29 is 39.0 Å². The maximum atomic E-state index is 13.4. The van der Waals surface area contributed by atoms with E-state index in [1.54, 1.807) is 11.8 Å². The van der Waals surface area contributed by atoms with Crippen LogP contribution in [0.2, 0.25) is 0 Å². The normalized spacial score (nSPS) is 17.4. The fraction of sp³-hybridized carbons (Fsp3) is 0.778. The predicted molar refractivity (Wildman–Crippen MR) is 162 cm³/mol. The van der Waals surface area contributed by atoms with Crippen molar-refractivity contribution in [1.82, 2.24) is 20.9 Å². The molecule has 0 aromatic heterocycles. The van der Waals surface area contributed by atoms with Gasteiger partial charge in [-0.25, -0.2) is 4.79 Å². The summed E-state index contributed by atoms with van der Waals surface area (Å²) in [7, 11) is 0. The Morgan fingerprint density at radius 3 is 1.93 bits per heavy atom. The highest BCUT2D eigenvalue weighted by atomic mass is 32.2. The second-order valence-corrected chi connectivity index (χ2v) is 11.6. The second kappa shape index (κ2) is 20.9. The molecule has 1 fully saturated rings. The smallest absolute Gasteiger partial charge is 0.326 e. The van der Waals surface area contributed by atoms with Crippen LogP contribution in [0.4, 0.5) is 0 Å². The van der Waals surface area contributed by atoms with Crippen LogP contribution in [0.25, 0.3) is 0 Å². The van der Waals surface area contributed by atoms with Gasteiger partial charge in [-0.1, -0.05) is 0 Å². The maximum absolute atomic E-state index is 13.4. The van der Waals surface area contributed by atoms with Gasteiger partial charge in [-0.3, -0.25) is 24.0 Å². The Labute approximate surface area is 256 Å². The first-order valence-electron chi connectivity index (χ1n) is 14.8. The lowest BCUT2D eigenvalue weighted by Gasteiger charge is -2.29. The Bertz CT molecular complexity index is 941. The van der Waals surface area contributed by atoms with E-state index in [1.165, 1.54) is 4.90 Å². The molecule has 0 aromatic carbocycles. The van der Waals surface area contributed by atoms with Gasteiger partial charge in [0.2, 0.25) is 23.6 Å². The van der Waals surface area contributed by atoms with Crippen LogP contribution in [-0.4, -0.2) is 113 Å². The zero-order valence-corrected chi connectivity index (χ0v) is 25.7. The van der Waals surface area contributed by atoms with E-state index in [1.807, 2.05) is 6.26 Å². The van der Waals surface area contributed by atoms with Crippen molar-refractivity contribution in [3.63, 3.8) is 0 Å². The number of nitrogens with two attached hydrogens (primary N) is 3. The number of nitrogens with one attached hydrogen (secondary N) is 3. The van der Waals surface area contributed by atoms with Gasteiger partial charge in [0.25, 0.3) is 0 Å². The van der Waals surface area contributed by atoms with Crippen LogP contribution in [0.5, 0.6) is 0 Å². The van der Waals surface area contributed by atoms with Crippen LogP contribution in [0.1, 0.15) is 70.6 Å². The van der Waals surface area contributed by atoms with Crippen LogP contribution in [0.15, 0.2) is 0 Å². The third-order valence-electron chi connectivity index (χ3n) is 7.21. The summed E-state index contributed by atoms with van der Waals surface area (Å²) in [6.45, 7) is 1.07. The van der Waals surface area contributed by atoms with Crippen LogP contribution < -0.4 is 33.2 Å². The molecular formula is C27H49N7O8S. The summed E-state index contributed by atoms with van der Waals surface area (Å²) in [6.07, 6.45) is 4.89. The maximum Gasteiger partial charge on any atom is 0.326 e. The molecule has 0 radical (unpaired) electrons. The van der Waals surface area contributed by atoms with Crippen molar-refractivity contribution >= 4 is 47.3 Å². The molecule has 1 heterocycles. The zero-order chi connectivity index (χ0) is 32.4. The average Bonchev–Trinajstić information content (AvgIpc) is 3.46. The summed E-state index contributed by atoms with van der Waals surface area (Å²) >= 11 is 1.56. The van der Waals surface area contributed by atoms with E-state index in [0.717, 1.165) is 0 Å². The van der Waals surface area contributed by atoms with Gasteiger partial charge in [0.15, 0.2) is 0 Å². The summed E-state index contributed by atoms with van der Waals surface area (Å²) in [5.41, 5.74) is 17.1. The highest BCUT2D eigenvalue weighted by Crippen LogP contribution is 2.20. The van der Waals surface area contributed by atoms with Gasteiger partial charge in [0.1, 0.15) is 24.2 Å². The second-order valence-electron chi connectivity index (χ2n) is 10.6. The molecule has 0 unspecified atom stereocenters. The Morgan fingerprint density at radius 1 is 0.837 bits per heavy atom. The third-order valence-corrected chi connectivity index (χ3v) is 7.85. The zero-order valence-electron chi connectivity index (χ0n) is 24.9. The molecule has 1 aliphatic rings. The number of carbonyl (C=O) groups is 6. The van der Waals surface area contributed by atoms with Gasteiger partial charge in [-0.15, -0.1) is 0 Å². The summed E-state index contributed by atoms with van der Waals surface area (Å²) in [4.78, 5) is 77.1. The number of aliphatic carboxylic acids is 2. The van der Waals surface area contributed by atoms with Gasteiger partial charge < -0.3 is 48.3 Å². The molecule has 43 heavy (non-hydrogen) atoms. The lowest BCUT2D eigenvalue weighted by atomic mass is 10.0. The minimum atomic E-state index is -1.37. The number of thioether (sulfide) groups is 1. The fourth-order valence-corrected chi connectivity index (χ4v) is 5.23. The van der Waals surface area contributed by atoms with Crippen LogP contribution >= 0.6 is 11.8 Å². The molecule has 0 bridgehead atoms. The van der Waals surface area contributed by atoms with Gasteiger partial charge in [0, 0.05) is 13.0 Å². The van der Waals surface area contributed by atoms with Gasteiger partial charge in [-0.2, -0.15) is 11.8 Å². The first-order chi connectivity index (χ1) is 20.5. The molecule has 15 nitrogen and oxygen atoms in total. The summed E-state index contributed by atoms with van der Waals surface area (Å²) in [5.74, 6) is -4.25. The topological polar surface area (TPSA) is 260 Å². The minimum absolute atomic E-state index is 0.104. The number of hydrogen-bond donors (Lipinski definition) is 8. The molecule has 1 rings (SSSR count). The quantitative estimate of drug-likeness (QED) is 0.0650. The van der Waals surface area contributed by atoms with E-state index in [0.29, 0.717) is 70.3 Å². The number of nitrogens with zero attached hydrogens (tertiary/aromatic N) is 1. The third kappa shape index (κ3) is 13.9. The number of rotatable bonds is 22. The molecule has 246 valence electrons. The first-order valence-corrected chi connectivity index (χ1v) is 16.2. The molecule has 16 heteroatoms. The molecule has 0 aliphatic carbocycles. The Hall–Kier alpha value is -2.95. The van der Waals surface area contributed by atoms with E-state index >= 15 is 0 Å². The lowest BCUT2D eigenvalue weighted by molar-refractivity contribution is -0.143. The molecule has 0 spiro atoms. The van der Waals surface area contributed by atoms with Crippen molar-refractivity contribution in [1.29, 1.82) is 0 Å². The SMILES string of the molecule is CSCC[C@H](N)C(=O)N1CCC[C@H]1C(=O)N[C@@H](CCCCN)C(=O)N[C@@H](CCC(=O)O)C(=O)N[C@@H](CCCCN)C(=O)O. The van der Waals surface area contributed by atoms with Gasteiger partial charge in [-0.05, 0) is 89.3 Å². The molecule has 0 aromatic rings. The number of unbranched alkanes of at least 4 members (excludes halogenated alkanes) is 2. The van der Waals surface area contributed by atoms with Gasteiger partial charge in [0.05, 0.1) is 6.04 Å². The first kappa shape index (κ1) is 38.1. The molecule has 1 saturated heterocycles. The summed E-state index contributed by atoms with van der Waals surface area (Å²) < 4.78 is 0. The number of carboxylic acids is 2. The molecular weight excluding hydrogens is 582 g/mol. The van der Waals surface area contributed by atoms with Gasteiger partial charge >= 0.3 is 11.9 Å². The Kier molecular flexibility index (Phi) is 18.5. The lowest BCUT2D eigenvalue weighted by Crippen LogP contribution is -2.58. The van der Waals surface area contributed by atoms with E-state index in [9.17, 15) is 39.0 Å². The molecule has 4 amide bonds. The van der Waals surface area contributed by atoms with Crippen LogP contribution in [0, 0.1) is 0 Å². The van der Waals surface area contributed by atoms with E-state index in [-0.39, 0.29) is 25.2 Å². The molecule has 11 N–H and O–H groups in total. The van der Waals surface area contributed by atoms with E-state index in [2.05, 4.69) is 16.0 Å². The fourth-order valence-electron chi connectivity index (χ4n) is 4.75. The number of hydrogen-bond acceptors (Lipinski definition) is 10. The number of amides is 4. The van der Waals surface area contributed by atoms with E-state index in [4.69, 9.17) is 17.2 Å². The highest BCUT2D eigenvalue weighted by Gasteiger charge is 2.38. The van der Waals surface area contributed by atoms with Crippen molar-refractivity contribution in [3.05, 3.63) is 0 Å². The number of carboxylic acid groups (broad SMARTS) is 2.